The molecule has 0 aromatic rings. The fourth-order valence-corrected chi connectivity index (χ4v) is 2.25. The molecule has 0 amide bonds. The Bertz CT molecular complexity index is 204. The average Bonchev–Trinajstić information content (AvgIpc) is 2.68. The third-order valence-corrected chi connectivity index (χ3v) is 3.16. The van der Waals surface area contributed by atoms with Crippen molar-refractivity contribution in [1.82, 2.24) is 5.32 Å². The second-order valence-corrected chi connectivity index (χ2v) is 3.56. The van der Waals surface area contributed by atoms with Crippen molar-refractivity contribution in [2.75, 3.05) is 13.7 Å². The minimum Gasteiger partial charge on any atom is -0.469 e. The number of carbonyl (C=O) groups is 1. The van der Waals surface area contributed by atoms with Crippen molar-refractivity contribution in [2.24, 2.45) is 11.3 Å². The van der Waals surface area contributed by atoms with E-state index in [0.29, 0.717) is 12.0 Å². The molecule has 1 unspecified atom stereocenters. The van der Waals surface area contributed by atoms with E-state index in [1.54, 1.807) is 0 Å². The lowest BCUT2D eigenvalue weighted by molar-refractivity contribution is -0.147. The van der Waals surface area contributed by atoms with E-state index in [2.05, 4.69) is 12.2 Å². The predicted molar refractivity (Wildman–Crippen MR) is 40.0 cm³/mol. The van der Waals surface area contributed by atoms with Gasteiger partial charge in [0.25, 0.3) is 0 Å². The summed E-state index contributed by atoms with van der Waals surface area (Å²) in [6, 6.07) is 0.306. The first kappa shape index (κ1) is 7.10. The van der Waals surface area contributed by atoms with E-state index in [0.717, 1.165) is 13.0 Å². The zero-order chi connectivity index (χ0) is 8.06. The van der Waals surface area contributed by atoms with Crippen LogP contribution in [0.2, 0.25) is 0 Å². The van der Waals surface area contributed by atoms with Gasteiger partial charge in [0.15, 0.2) is 0 Å². The first-order chi connectivity index (χ1) is 5.21. The summed E-state index contributed by atoms with van der Waals surface area (Å²) < 4.78 is 4.77. The summed E-state index contributed by atoms with van der Waals surface area (Å²) in [5.74, 6) is 0.518. The molecule has 3 nitrogen and oxygen atoms in total. The van der Waals surface area contributed by atoms with Crippen LogP contribution in [0.15, 0.2) is 0 Å². The maximum absolute atomic E-state index is 11.3. The molecule has 0 aromatic heterocycles. The topological polar surface area (TPSA) is 38.3 Å². The largest absolute Gasteiger partial charge is 0.469 e. The van der Waals surface area contributed by atoms with Crippen molar-refractivity contribution in [2.45, 2.75) is 19.4 Å². The number of methoxy groups -OCH3 is 1. The minimum atomic E-state index is -0.144. The van der Waals surface area contributed by atoms with Crippen LogP contribution in [-0.4, -0.2) is 25.7 Å². The zero-order valence-electron chi connectivity index (χ0n) is 6.89. The zero-order valence-corrected chi connectivity index (χ0v) is 6.89. The Morgan fingerprint density at radius 3 is 2.82 bits per heavy atom. The Balaban J connectivity index is 2.18. The number of carbonyl (C=O) groups excluding carboxylic acids is 1. The third-order valence-electron chi connectivity index (χ3n) is 3.16. The van der Waals surface area contributed by atoms with Gasteiger partial charge in [-0.05, 0) is 25.8 Å². The first-order valence-corrected chi connectivity index (χ1v) is 4.03. The SMILES string of the molecule is COC(=O)[C@@]12C[C@@H]1CNC2C. The molecular formula is C8H13NO2. The van der Waals surface area contributed by atoms with Gasteiger partial charge >= 0.3 is 5.97 Å². The van der Waals surface area contributed by atoms with Crippen LogP contribution in [0, 0.1) is 11.3 Å². The lowest BCUT2D eigenvalue weighted by atomic mass is 9.99. The highest BCUT2D eigenvalue weighted by Gasteiger charge is 2.67. The van der Waals surface area contributed by atoms with Gasteiger partial charge in [-0.1, -0.05) is 0 Å². The van der Waals surface area contributed by atoms with Gasteiger partial charge in [-0.15, -0.1) is 0 Å². The Kier molecular flexibility index (Phi) is 1.27. The molecule has 1 aliphatic carbocycles. The van der Waals surface area contributed by atoms with Crippen molar-refractivity contribution in [3.63, 3.8) is 0 Å². The molecule has 0 bridgehead atoms. The van der Waals surface area contributed by atoms with E-state index in [4.69, 9.17) is 4.74 Å². The number of ether oxygens (including phenoxy) is 1. The summed E-state index contributed by atoms with van der Waals surface area (Å²) in [6.07, 6.45) is 1.02. The summed E-state index contributed by atoms with van der Waals surface area (Å²) in [7, 11) is 1.47. The number of rotatable bonds is 1. The monoisotopic (exact) mass is 155 g/mol. The Hall–Kier alpha value is -0.570. The molecule has 1 N–H and O–H groups in total. The van der Waals surface area contributed by atoms with Gasteiger partial charge in [0.2, 0.25) is 0 Å². The summed E-state index contributed by atoms with van der Waals surface area (Å²) in [5.41, 5.74) is -0.144. The van der Waals surface area contributed by atoms with E-state index >= 15 is 0 Å². The Morgan fingerprint density at radius 1 is 1.73 bits per heavy atom. The van der Waals surface area contributed by atoms with E-state index < -0.39 is 0 Å². The smallest absolute Gasteiger partial charge is 0.313 e. The maximum Gasteiger partial charge on any atom is 0.313 e. The van der Waals surface area contributed by atoms with Gasteiger partial charge in [0.05, 0.1) is 12.5 Å². The summed E-state index contributed by atoms with van der Waals surface area (Å²) in [4.78, 5) is 11.3. The fourth-order valence-electron chi connectivity index (χ4n) is 2.25. The number of nitrogens with one attached hydrogen (secondary N) is 1. The normalized spacial score (nSPS) is 46.7. The molecule has 62 valence electrons. The highest BCUT2D eigenvalue weighted by Crippen LogP contribution is 2.58. The average molecular weight is 155 g/mol. The second-order valence-electron chi connectivity index (χ2n) is 3.56. The second kappa shape index (κ2) is 1.97. The van der Waals surface area contributed by atoms with E-state index in [1.807, 2.05) is 0 Å². The van der Waals surface area contributed by atoms with Gasteiger partial charge in [0, 0.05) is 6.04 Å². The van der Waals surface area contributed by atoms with Crippen LogP contribution in [0.1, 0.15) is 13.3 Å². The molecule has 0 aromatic carbocycles. The molecule has 0 spiro atoms. The number of esters is 1. The Labute approximate surface area is 66.1 Å². The fraction of sp³-hybridized carbons (Fsp3) is 0.875. The van der Waals surface area contributed by atoms with Crippen molar-refractivity contribution in [3.05, 3.63) is 0 Å². The number of fused-ring (bicyclic) bond motifs is 1. The molecule has 0 radical (unpaired) electrons. The first-order valence-electron chi connectivity index (χ1n) is 4.03. The molecular weight excluding hydrogens is 142 g/mol. The van der Waals surface area contributed by atoms with Gasteiger partial charge < -0.3 is 10.1 Å². The quantitative estimate of drug-likeness (QED) is 0.548. The van der Waals surface area contributed by atoms with Crippen LogP contribution in [-0.2, 0) is 9.53 Å². The molecule has 2 rings (SSSR count). The van der Waals surface area contributed by atoms with Crippen LogP contribution in [0.3, 0.4) is 0 Å². The standard InChI is InChI=1S/C8H13NO2/c1-5-8(7(10)11-2)3-6(8)4-9-5/h5-6,9H,3-4H2,1-2H3/t5?,6-,8-/m1/s1. The van der Waals surface area contributed by atoms with Gasteiger partial charge in [-0.2, -0.15) is 0 Å². The highest BCUT2D eigenvalue weighted by atomic mass is 16.5. The maximum atomic E-state index is 11.3. The predicted octanol–water partition coefficient (Wildman–Crippen LogP) is 0.157. The van der Waals surface area contributed by atoms with Crippen molar-refractivity contribution < 1.29 is 9.53 Å². The molecule has 11 heavy (non-hydrogen) atoms. The highest BCUT2D eigenvalue weighted by molar-refractivity contribution is 5.82. The van der Waals surface area contributed by atoms with Gasteiger partial charge in [-0.3, -0.25) is 4.79 Å². The molecule has 1 saturated carbocycles. The van der Waals surface area contributed by atoms with Crippen LogP contribution in [0.5, 0.6) is 0 Å². The lowest BCUT2D eigenvalue weighted by Crippen LogP contribution is -2.34. The number of piperidine rings is 1. The molecule has 2 aliphatic rings. The van der Waals surface area contributed by atoms with Crippen molar-refractivity contribution >= 4 is 5.97 Å². The van der Waals surface area contributed by atoms with E-state index in [9.17, 15) is 4.79 Å². The Morgan fingerprint density at radius 2 is 2.45 bits per heavy atom. The number of hydrogen-bond donors (Lipinski definition) is 1. The lowest BCUT2D eigenvalue weighted by Gasteiger charge is -2.16. The summed E-state index contributed by atoms with van der Waals surface area (Å²) in [6.45, 7) is 3.04. The van der Waals surface area contributed by atoms with Crippen LogP contribution in [0.25, 0.3) is 0 Å². The van der Waals surface area contributed by atoms with E-state index in [-0.39, 0.29) is 11.4 Å². The molecule has 3 heteroatoms. The van der Waals surface area contributed by atoms with Crippen molar-refractivity contribution in [3.8, 4) is 0 Å². The van der Waals surface area contributed by atoms with Crippen LogP contribution < -0.4 is 5.32 Å². The molecule has 3 atom stereocenters. The van der Waals surface area contributed by atoms with Gasteiger partial charge in [0.1, 0.15) is 0 Å². The van der Waals surface area contributed by atoms with Crippen molar-refractivity contribution in [1.29, 1.82) is 0 Å². The molecule has 1 aliphatic heterocycles. The third kappa shape index (κ3) is 0.692. The number of hydrogen-bond acceptors (Lipinski definition) is 3. The van der Waals surface area contributed by atoms with Crippen LogP contribution >= 0.6 is 0 Å². The van der Waals surface area contributed by atoms with Gasteiger partial charge in [-0.25, -0.2) is 0 Å². The molecule has 1 heterocycles. The molecule has 2 fully saturated rings. The van der Waals surface area contributed by atoms with Crippen LogP contribution in [0.4, 0.5) is 0 Å². The molecule has 1 saturated heterocycles. The summed E-state index contributed by atoms with van der Waals surface area (Å²) >= 11 is 0. The summed E-state index contributed by atoms with van der Waals surface area (Å²) in [5, 5.41) is 3.27. The van der Waals surface area contributed by atoms with E-state index in [1.165, 1.54) is 7.11 Å². The minimum absolute atomic E-state index is 0.0278.